The number of non-ortho nitro benzene ring substituents is 1. The van der Waals surface area contributed by atoms with Gasteiger partial charge in [0.1, 0.15) is 5.82 Å². The van der Waals surface area contributed by atoms with E-state index in [-0.39, 0.29) is 5.69 Å². The maximum atomic E-state index is 10.6. The number of hydrogen-bond donors (Lipinski definition) is 1. The summed E-state index contributed by atoms with van der Waals surface area (Å²) in [5.41, 5.74) is 6.72. The van der Waals surface area contributed by atoms with E-state index in [4.69, 9.17) is 5.73 Å². The van der Waals surface area contributed by atoms with Gasteiger partial charge in [-0.1, -0.05) is 6.92 Å². The maximum absolute atomic E-state index is 10.6. The second-order valence-corrected chi connectivity index (χ2v) is 4.82. The summed E-state index contributed by atoms with van der Waals surface area (Å²) in [6.45, 7) is 2.04. The molecule has 2 rings (SSSR count). The van der Waals surface area contributed by atoms with Crippen molar-refractivity contribution in [2.75, 3.05) is 11.5 Å². The Labute approximate surface area is 108 Å². The molecule has 0 aliphatic heterocycles. The standard InChI is InChI=1S/C11H12N4O2S/c1-2-18-10-7-13-14(11(10)12)8-3-5-9(6-4-8)15(16)17/h3-7H,2,12H2,1H3. The third-order valence-corrected chi connectivity index (χ3v) is 3.29. The molecule has 18 heavy (non-hydrogen) atoms. The monoisotopic (exact) mass is 264 g/mol. The maximum Gasteiger partial charge on any atom is 0.269 e. The Morgan fingerprint density at radius 3 is 2.67 bits per heavy atom. The van der Waals surface area contributed by atoms with Gasteiger partial charge in [-0.05, 0) is 17.9 Å². The van der Waals surface area contributed by atoms with E-state index < -0.39 is 4.92 Å². The molecule has 0 amide bonds. The zero-order valence-electron chi connectivity index (χ0n) is 9.74. The molecule has 2 N–H and O–H groups in total. The Kier molecular flexibility index (Phi) is 3.52. The molecule has 7 heteroatoms. The highest BCUT2D eigenvalue weighted by Crippen LogP contribution is 2.27. The Morgan fingerprint density at radius 1 is 1.44 bits per heavy atom. The van der Waals surface area contributed by atoms with Crippen molar-refractivity contribution in [3.8, 4) is 5.69 Å². The number of thioether (sulfide) groups is 1. The van der Waals surface area contributed by atoms with Gasteiger partial charge in [0.05, 0.1) is 21.7 Å². The van der Waals surface area contributed by atoms with Crippen LogP contribution in [-0.4, -0.2) is 20.5 Å². The van der Waals surface area contributed by atoms with Gasteiger partial charge in [-0.3, -0.25) is 10.1 Å². The first-order valence-electron chi connectivity index (χ1n) is 5.34. The van der Waals surface area contributed by atoms with Gasteiger partial charge in [-0.25, -0.2) is 4.68 Å². The van der Waals surface area contributed by atoms with Crippen molar-refractivity contribution in [3.05, 3.63) is 40.6 Å². The average Bonchev–Trinajstić information content (AvgIpc) is 2.72. The van der Waals surface area contributed by atoms with Gasteiger partial charge in [0.2, 0.25) is 0 Å². The largest absolute Gasteiger partial charge is 0.383 e. The van der Waals surface area contributed by atoms with Crippen LogP contribution in [0.5, 0.6) is 0 Å². The van der Waals surface area contributed by atoms with E-state index in [9.17, 15) is 10.1 Å². The van der Waals surface area contributed by atoms with E-state index in [1.807, 2.05) is 6.92 Å². The lowest BCUT2D eigenvalue weighted by Crippen LogP contribution is -2.02. The van der Waals surface area contributed by atoms with Crippen LogP contribution in [0, 0.1) is 10.1 Å². The summed E-state index contributed by atoms with van der Waals surface area (Å²) in [6.07, 6.45) is 1.70. The number of nitrogen functional groups attached to an aromatic ring is 1. The summed E-state index contributed by atoms with van der Waals surface area (Å²) >= 11 is 1.61. The second kappa shape index (κ2) is 5.09. The summed E-state index contributed by atoms with van der Waals surface area (Å²) in [5.74, 6) is 1.46. The fourth-order valence-electron chi connectivity index (χ4n) is 1.53. The molecule has 0 aliphatic rings. The van der Waals surface area contributed by atoms with Crippen LogP contribution in [0.2, 0.25) is 0 Å². The smallest absolute Gasteiger partial charge is 0.269 e. The van der Waals surface area contributed by atoms with Gasteiger partial charge in [0.15, 0.2) is 0 Å². The van der Waals surface area contributed by atoms with Crippen LogP contribution in [-0.2, 0) is 0 Å². The number of nitrogens with zero attached hydrogens (tertiary/aromatic N) is 3. The second-order valence-electron chi connectivity index (χ2n) is 3.51. The molecular formula is C11H12N4O2S. The molecule has 1 aromatic carbocycles. The number of hydrogen-bond acceptors (Lipinski definition) is 5. The first kappa shape index (κ1) is 12.4. The van der Waals surface area contributed by atoms with Gasteiger partial charge in [-0.2, -0.15) is 5.10 Å². The number of anilines is 1. The van der Waals surface area contributed by atoms with Gasteiger partial charge >= 0.3 is 0 Å². The Hall–Kier alpha value is -2.02. The van der Waals surface area contributed by atoms with E-state index in [2.05, 4.69) is 5.10 Å². The fourth-order valence-corrected chi connectivity index (χ4v) is 2.20. The van der Waals surface area contributed by atoms with Crippen LogP contribution in [0.4, 0.5) is 11.5 Å². The number of benzene rings is 1. The topological polar surface area (TPSA) is 87.0 Å². The summed E-state index contributed by atoms with van der Waals surface area (Å²) in [5, 5.41) is 14.7. The SMILES string of the molecule is CCSc1cnn(-c2ccc([N+](=O)[O-])cc2)c1N. The Balaban J connectivity index is 2.34. The quantitative estimate of drug-likeness (QED) is 0.520. The lowest BCUT2D eigenvalue weighted by atomic mass is 10.3. The third kappa shape index (κ3) is 2.30. The minimum absolute atomic E-state index is 0.0487. The zero-order valence-corrected chi connectivity index (χ0v) is 10.6. The van der Waals surface area contributed by atoms with Gasteiger partial charge in [0.25, 0.3) is 5.69 Å². The zero-order chi connectivity index (χ0) is 13.1. The Morgan fingerprint density at radius 2 is 2.11 bits per heavy atom. The Bertz CT molecular complexity index is 565. The molecular weight excluding hydrogens is 252 g/mol. The van der Waals surface area contributed by atoms with Crippen LogP contribution in [0.1, 0.15) is 6.92 Å². The number of nitrogens with two attached hydrogens (primary N) is 1. The number of rotatable bonds is 4. The molecule has 94 valence electrons. The minimum atomic E-state index is -0.436. The van der Waals surface area contributed by atoms with E-state index in [0.717, 1.165) is 10.6 Å². The predicted octanol–water partition coefficient (Wildman–Crippen LogP) is 2.47. The third-order valence-electron chi connectivity index (χ3n) is 2.38. The first-order valence-corrected chi connectivity index (χ1v) is 6.33. The average molecular weight is 264 g/mol. The molecule has 0 unspecified atom stereocenters. The van der Waals surface area contributed by atoms with Crippen molar-refractivity contribution >= 4 is 23.3 Å². The summed E-state index contributed by atoms with van der Waals surface area (Å²) in [6, 6.07) is 6.12. The highest BCUT2D eigenvalue weighted by molar-refractivity contribution is 7.99. The van der Waals surface area contributed by atoms with Crippen molar-refractivity contribution in [2.24, 2.45) is 0 Å². The van der Waals surface area contributed by atoms with Crippen molar-refractivity contribution in [2.45, 2.75) is 11.8 Å². The van der Waals surface area contributed by atoms with Crippen LogP contribution < -0.4 is 5.73 Å². The molecule has 0 radical (unpaired) electrons. The molecule has 0 atom stereocenters. The lowest BCUT2D eigenvalue weighted by Gasteiger charge is -2.04. The van der Waals surface area contributed by atoms with E-state index in [1.54, 1.807) is 34.8 Å². The van der Waals surface area contributed by atoms with E-state index in [0.29, 0.717) is 11.5 Å². The molecule has 0 saturated carbocycles. The highest BCUT2D eigenvalue weighted by atomic mass is 32.2. The number of nitro groups is 1. The molecule has 0 aliphatic carbocycles. The van der Waals surface area contributed by atoms with E-state index >= 15 is 0 Å². The normalized spacial score (nSPS) is 10.5. The van der Waals surface area contributed by atoms with Crippen molar-refractivity contribution in [3.63, 3.8) is 0 Å². The van der Waals surface area contributed by atoms with Crippen molar-refractivity contribution < 1.29 is 4.92 Å². The number of aromatic nitrogens is 2. The molecule has 0 spiro atoms. The molecule has 2 aromatic rings. The molecule has 0 fully saturated rings. The van der Waals surface area contributed by atoms with Gasteiger partial charge in [0, 0.05) is 12.1 Å². The first-order chi connectivity index (χ1) is 8.63. The molecule has 6 nitrogen and oxygen atoms in total. The van der Waals surface area contributed by atoms with Crippen LogP contribution in [0.15, 0.2) is 35.4 Å². The highest BCUT2D eigenvalue weighted by Gasteiger charge is 2.10. The van der Waals surface area contributed by atoms with Crippen molar-refractivity contribution in [1.29, 1.82) is 0 Å². The summed E-state index contributed by atoms with van der Waals surface area (Å²) < 4.78 is 1.57. The molecule has 0 saturated heterocycles. The predicted molar refractivity (Wildman–Crippen MR) is 71.0 cm³/mol. The van der Waals surface area contributed by atoms with Crippen LogP contribution in [0.25, 0.3) is 5.69 Å². The van der Waals surface area contributed by atoms with Crippen LogP contribution in [0.3, 0.4) is 0 Å². The van der Waals surface area contributed by atoms with E-state index in [1.165, 1.54) is 12.1 Å². The summed E-state index contributed by atoms with van der Waals surface area (Å²) in [4.78, 5) is 11.0. The molecule has 1 heterocycles. The summed E-state index contributed by atoms with van der Waals surface area (Å²) in [7, 11) is 0. The number of nitro benzene ring substituents is 1. The van der Waals surface area contributed by atoms with Gasteiger partial charge in [-0.15, -0.1) is 11.8 Å². The van der Waals surface area contributed by atoms with Gasteiger partial charge < -0.3 is 5.73 Å². The lowest BCUT2D eigenvalue weighted by molar-refractivity contribution is -0.384. The molecule has 1 aromatic heterocycles. The van der Waals surface area contributed by atoms with Crippen molar-refractivity contribution in [1.82, 2.24) is 9.78 Å². The fraction of sp³-hybridized carbons (Fsp3) is 0.182. The van der Waals surface area contributed by atoms with Crippen LogP contribution >= 0.6 is 11.8 Å². The minimum Gasteiger partial charge on any atom is -0.383 e. The molecule has 0 bridgehead atoms.